The molecule has 0 N–H and O–H groups in total. The minimum absolute atomic E-state index is 0.968. The van der Waals surface area contributed by atoms with Crippen LogP contribution in [0, 0.1) is 0 Å². The molecule has 0 amide bonds. The minimum Gasteiger partial charge on any atom is -0.248 e. The molecule has 0 spiro atoms. The molecule has 0 aliphatic heterocycles. The molecule has 0 saturated heterocycles. The summed E-state index contributed by atoms with van der Waals surface area (Å²) in [5.41, 5.74) is 5.09. The maximum Gasteiger partial charge on any atom is 0.0716 e. The molecule has 2 nitrogen and oxygen atoms in total. The van der Waals surface area contributed by atoms with Gasteiger partial charge in [-0.15, -0.1) is 0 Å². The molecule has 29 heavy (non-hydrogen) atoms. The Morgan fingerprint density at radius 3 is 2.10 bits per heavy atom. The monoisotopic (exact) mass is 434 g/mol. The number of halogens is 1. The van der Waals surface area contributed by atoms with E-state index in [0.29, 0.717) is 0 Å². The Balaban J connectivity index is 1.67. The van der Waals surface area contributed by atoms with Gasteiger partial charge >= 0.3 is 0 Å². The van der Waals surface area contributed by atoms with Crippen LogP contribution < -0.4 is 0 Å². The van der Waals surface area contributed by atoms with Crippen molar-refractivity contribution in [2.75, 3.05) is 0 Å². The molecule has 3 heteroatoms. The van der Waals surface area contributed by atoms with Gasteiger partial charge in [0.05, 0.1) is 22.2 Å². The molecule has 0 fully saturated rings. The highest BCUT2D eigenvalue weighted by Gasteiger charge is 2.10. The number of hydrogen-bond donors (Lipinski definition) is 0. The van der Waals surface area contributed by atoms with E-state index in [1.807, 2.05) is 18.2 Å². The number of benzene rings is 4. The Morgan fingerprint density at radius 1 is 0.517 bits per heavy atom. The molecule has 6 rings (SSSR count). The molecular weight excluding hydrogens is 420 g/mol. The topological polar surface area (TPSA) is 25.8 Å². The van der Waals surface area contributed by atoms with Gasteiger partial charge in [-0.2, -0.15) is 0 Å². The van der Waals surface area contributed by atoms with Gasteiger partial charge in [-0.25, -0.2) is 9.97 Å². The van der Waals surface area contributed by atoms with Crippen molar-refractivity contribution in [2.24, 2.45) is 0 Å². The number of hydrogen-bond acceptors (Lipinski definition) is 2. The Bertz CT molecular complexity index is 1570. The second-order valence-corrected chi connectivity index (χ2v) is 8.21. The van der Waals surface area contributed by atoms with Crippen molar-refractivity contribution in [1.82, 2.24) is 9.97 Å². The summed E-state index contributed by atoms with van der Waals surface area (Å²) in [5.74, 6) is 0. The van der Waals surface area contributed by atoms with Crippen LogP contribution in [0.5, 0.6) is 0 Å². The first-order valence-corrected chi connectivity index (χ1v) is 10.3. The zero-order valence-electron chi connectivity index (χ0n) is 15.4. The summed E-state index contributed by atoms with van der Waals surface area (Å²) >= 11 is 3.69. The third-order valence-corrected chi connectivity index (χ3v) is 5.89. The first-order chi connectivity index (χ1) is 14.2. The summed E-state index contributed by atoms with van der Waals surface area (Å²) in [6, 6.07) is 31.6. The molecule has 0 atom stereocenters. The standard InChI is InChI=1S/C26H15BrN2/c27-20-13-18-12-19-11-17-6-2-4-8-24(17)29-26(19)15-21(18)22(14-20)25-10-9-16-5-1-3-7-23(16)28-25/h1-15H. The number of rotatable bonds is 1. The third-order valence-electron chi connectivity index (χ3n) is 5.43. The van der Waals surface area contributed by atoms with Crippen LogP contribution in [0.2, 0.25) is 0 Å². The summed E-state index contributed by atoms with van der Waals surface area (Å²) in [6.07, 6.45) is 0. The van der Waals surface area contributed by atoms with E-state index in [0.717, 1.165) is 53.8 Å². The molecular formula is C26H15BrN2. The Kier molecular flexibility index (Phi) is 3.65. The normalized spacial score (nSPS) is 11.6. The van der Waals surface area contributed by atoms with Gasteiger partial charge < -0.3 is 0 Å². The van der Waals surface area contributed by atoms with Crippen LogP contribution in [0.25, 0.3) is 54.7 Å². The number of fused-ring (bicyclic) bond motifs is 4. The summed E-state index contributed by atoms with van der Waals surface area (Å²) < 4.78 is 1.04. The highest BCUT2D eigenvalue weighted by Crippen LogP contribution is 2.35. The summed E-state index contributed by atoms with van der Waals surface area (Å²) in [4.78, 5) is 9.83. The summed E-state index contributed by atoms with van der Waals surface area (Å²) in [5, 5.41) is 5.78. The highest BCUT2D eigenvalue weighted by atomic mass is 79.9. The lowest BCUT2D eigenvalue weighted by molar-refractivity contribution is 1.41. The van der Waals surface area contributed by atoms with Gasteiger partial charge in [0.1, 0.15) is 0 Å². The molecule has 2 heterocycles. The van der Waals surface area contributed by atoms with E-state index in [-0.39, 0.29) is 0 Å². The lowest BCUT2D eigenvalue weighted by Gasteiger charge is -2.11. The fraction of sp³-hybridized carbons (Fsp3) is 0. The third kappa shape index (κ3) is 2.78. The SMILES string of the molecule is Brc1cc(-c2ccc3ccccc3n2)c2cc3nc4ccccc4cc3cc2c1. The van der Waals surface area contributed by atoms with E-state index >= 15 is 0 Å². The fourth-order valence-corrected chi connectivity index (χ4v) is 4.51. The summed E-state index contributed by atoms with van der Waals surface area (Å²) in [7, 11) is 0. The highest BCUT2D eigenvalue weighted by molar-refractivity contribution is 9.10. The van der Waals surface area contributed by atoms with Gasteiger partial charge in [0.2, 0.25) is 0 Å². The summed E-state index contributed by atoms with van der Waals surface area (Å²) in [6.45, 7) is 0. The van der Waals surface area contributed by atoms with Gasteiger partial charge in [0.25, 0.3) is 0 Å². The van der Waals surface area contributed by atoms with E-state index in [1.165, 1.54) is 5.39 Å². The van der Waals surface area contributed by atoms with Gasteiger partial charge in [0.15, 0.2) is 0 Å². The van der Waals surface area contributed by atoms with Crippen LogP contribution in [0.4, 0.5) is 0 Å². The first-order valence-electron chi connectivity index (χ1n) is 9.54. The second kappa shape index (κ2) is 6.36. The first kappa shape index (κ1) is 16.6. The molecule has 0 bridgehead atoms. The van der Waals surface area contributed by atoms with Gasteiger partial charge in [0, 0.05) is 26.2 Å². The van der Waals surface area contributed by atoms with Crippen LogP contribution >= 0.6 is 15.9 Å². The molecule has 0 unspecified atom stereocenters. The largest absolute Gasteiger partial charge is 0.248 e. The quantitative estimate of drug-likeness (QED) is 0.250. The zero-order valence-corrected chi connectivity index (χ0v) is 17.0. The Labute approximate surface area is 176 Å². The number of aromatic nitrogens is 2. The van der Waals surface area contributed by atoms with Crippen molar-refractivity contribution in [1.29, 1.82) is 0 Å². The van der Waals surface area contributed by atoms with Crippen molar-refractivity contribution in [3.05, 3.63) is 95.5 Å². The Hall–Kier alpha value is -3.30. The van der Waals surface area contributed by atoms with Crippen molar-refractivity contribution in [3.8, 4) is 11.3 Å². The fourth-order valence-electron chi connectivity index (χ4n) is 4.03. The van der Waals surface area contributed by atoms with E-state index in [1.54, 1.807) is 0 Å². The molecule has 0 aliphatic carbocycles. The van der Waals surface area contributed by atoms with Crippen LogP contribution in [0.15, 0.2) is 95.5 Å². The lowest BCUT2D eigenvalue weighted by Crippen LogP contribution is -1.89. The molecule has 0 radical (unpaired) electrons. The van der Waals surface area contributed by atoms with E-state index < -0.39 is 0 Å². The van der Waals surface area contributed by atoms with Crippen LogP contribution in [0.1, 0.15) is 0 Å². The maximum atomic E-state index is 4.93. The lowest BCUT2D eigenvalue weighted by atomic mass is 9.98. The van der Waals surface area contributed by atoms with Gasteiger partial charge in [-0.3, -0.25) is 0 Å². The molecule has 0 saturated carbocycles. The van der Waals surface area contributed by atoms with Crippen LogP contribution in [0.3, 0.4) is 0 Å². The van der Waals surface area contributed by atoms with Crippen molar-refractivity contribution >= 4 is 59.4 Å². The van der Waals surface area contributed by atoms with E-state index in [9.17, 15) is 0 Å². The van der Waals surface area contributed by atoms with Crippen molar-refractivity contribution < 1.29 is 0 Å². The van der Waals surface area contributed by atoms with Crippen molar-refractivity contribution in [3.63, 3.8) is 0 Å². The molecule has 0 aliphatic rings. The minimum atomic E-state index is 0.968. The number of para-hydroxylation sites is 2. The smallest absolute Gasteiger partial charge is 0.0716 e. The molecule has 6 aromatic rings. The Morgan fingerprint density at radius 2 is 1.24 bits per heavy atom. The average Bonchev–Trinajstić information content (AvgIpc) is 2.75. The average molecular weight is 435 g/mol. The van der Waals surface area contributed by atoms with Gasteiger partial charge in [-0.1, -0.05) is 58.4 Å². The molecule has 136 valence electrons. The molecule has 2 aromatic heterocycles. The second-order valence-electron chi connectivity index (χ2n) is 7.29. The zero-order chi connectivity index (χ0) is 19.4. The maximum absolute atomic E-state index is 4.93. The number of pyridine rings is 2. The van der Waals surface area contributed by atoms with Crippen molar-refractivity contribution in [2.45, 2.75) is 0 Å². The number of nitrogens with zero attached hydrogens (tertiary/aromatic N) is 2. The van der Waals surface area contributed by atoms with Crippen LogP contribution in [-0.2, 0) is 0 Å². The van der Waals surface area contributed by atoms with E-state index in [4.69, 9.17) is 9.97 Å². The predicted octanol–water partition coefficient (Wildman–Crippen LogP) is 7.52. The van der Waals surface area contributed by atoms with Gasteiger partial charge in [-0.05, 0) is 59.3 Å². The van der Waals surface area contributed by atoms with E-state index in [2.05, 4.69) is 88.7 Å². The predicted molar refractivity (Wildman–Crippen MR) is 125 cm³/mol. The molecule has 4 aromatic carbocycles. The van der Waals surface area contributed by atoms with Crippen LogP contribution in [-0.4, -0.2) is 9.97 Å².